The molecule has 138 valence electrons. The Balaban J connectivity index is 2.16. The maximum absolute atomic E-state index is 13.1. The molecule has 1 amide bonds. The average Bonchev–Trinajstić information content (AvgIpc) is 2.92. The van der Waals surface area contributed by atoms with Gasteiger partial charge in [0.2, 0.25) is 0 Å². The van der Waals surface area contributed by atoms with Gasteiger partial charge >= 0.3 is 17.7 Å². The van der Waals surface area contributed by atoms with Crippen LogP contribution >= 0.6 is 11.8 Å². The lowest BCUT2D eigenvalue weighted by Crippen LogP contribution is -2.47. The van der Waals surface area contributed by atoms with Gasteiger partial charge in [-0.25, -0.2) is 0 Å². The first-order chi connectivity index (χ1) is 11.4. The number of benzene rings is 1. The molecule has 11 heteroatoms. The van der Waals surface area contributed by atoms with Crippen LogP contribution in [0, 0.1) is 5.41 Å². The predicted octanol–water partition coefficient (Wildman–Crippen LogP) is 3.78. The average molecular weight is 387 g/mol. The molecular weight excluding hydrogens is 376 g/mol. The number of aliphatic carboxylic acids is 1. The summed E-state index contributed by atoms with van der Waals surface area (Å²) in [6.45, 7) is -1.45. The molecule has 1 saturated heterocycles. The molecule has 1 N–H and O–H groups in total. The van der Waals surface area contributed by atoms with Gasteiger partial charge in [-0.1, -0.05) is 0 Å². The Kier molecular flexibility index (Phi) is 4.99. The van der Waals surface area contributed by atoms with Crippen molar-refractivity contribution in [3.8, 4) is 0 Å². The summed E-state index contributed by atoms with van der Waals surface area (Å²) in [5.41, 5.74) is -7.65. The van der Waals surface area contributed by atoms with Crippen molar-refractivity contribution in [2.45, 2.75) is 23.0 Å². The van der Waals surface area contributed by atoms with Gasteiger partial charge in [-0.05, 0) is 42.4 Å². The number of carbonyl (C=O) groups excluding carboxylic acids is 1. The molecule has 0 spiro atoms. The highest BCUT2D eigenvalue weighted by Gasteiger charge is 2.64. The van der Waals surface area contributed by atoms with Gasteiger partial charge < -0.3 is 10.0 Å². The molecule has 0 saturated carbocycles. The first-order valence-electron chi connectivity index (χ1n) is 6.81. The number of thioether (sulfide) groups is 1. The highest BCUT2D eigenvalue weighted by Crippen LogP contribution is 2.46. The van der Waals surface area contributed by atoms with E-state index in [4.69, 9.17) is 5.11 Å². The van der Waals surface area contributed by atoms with Crippen LogP contribution < -0.4 is 0 Å². The van der Waals surface area contributed by atoms with E-state index in [1.165, 1.54) is 0 Å². The smallest absolute Gasteiger partial charge is 0.446 e. The zero-order valence-electron chi connectivity index (χ0n) is 12.3. The van der Waals surface area contributed by atoms with Crippen LogP contribution in [0.25, 0.3) is 0 Å². The van der Waals surface area contributed by atoms with E-state index in [9.17, 15) is 35.9 Å². The second kappa shape index (κ2) is 6.43. The van der Waals surface area contributed by atoms with Crippen LogP contribution in [0.4, 0.5) is 26.3 Å². The molecule has 25 heavy (non-hydrogen) atoms. The molecule has 0 aromatic heterocycles. The Bertz CT molecular complexity index is 673. The number of rotatable bonds is 3. The van der Waals surface area contributed by atoms with Crippen molar-refractivity contribution in [3.05, 3.63) is 29.8 Å². The third-order valence-electron chi connectivity index (χ3n) is 3.84. The van der Waals surface area contributed by atoms with Crippen molar-refractivity contribution in [2.75, 3.05) is 13.1 Å². The van der Waals surface area contributed by atoms with Crippen LogP contribution in [0.2, 0.25) is 0 Å². The molecule has 1 aliphatic heterocycles. The molecule has 0 radical (unpaired) electrons. The highest BCUT2D eigenvalue weighted by atomic mass is 32.2. The third-order valence-corrected chi connectivity index (χ3v) is 4.58. The number of carbonyl (C=O) groups is 2. The molecule has 1 aromatic carbocycles. The summed E-state index contributed by atoms with van der Waals surface area (Å²) in [7, 11) is 0. The molecule has 4 nitrogen and oxygen atoms in total. The van der Waals surface area contributed by atoms with E-state index in [1.807, 2.05) is 0 Å². The van der Waals surface area contributed by atoms with Gasteiger partial charge in [0.15, 0.2) is 5.41 Å². The Hall–Kier alpha value is -1.91. The summed E-state index contributed by atoms with van der Waals surface area (Å²) in [4.78, 5) is 23.9. The molecule has 1 aromatic rings. The van der Waals surface area contributed by atoms with Crippen molar-refractivity contribution in [2.24, 2.45) is 5.41 Å². The fourth-order valence-corrected chi connectivity index (χ4v) is 3.03. The van der Waals surface area contributed by atoms with E-state index in [2.05, 4.69) is 0 Å². The predicted molar refractivity (Wildman–Crippen MR) is 75.0 cm³/mol. The van der Waals surface area contributed by atoms with E-state index in [0.29, 0.717) is 0 Å². The summed E-state index contributed by atoms with van der Waals surface area (Å²) in [5, 5.41) is 8.95. The minimum Gasteiger partial charge on any atom is -0.481 e. The maximum atomic E-state index is 13.1. The number of carboxylic acids is 1. The highest BCUT2D eigenvalue weighted by molar-refractivity contribution is 8.00. The van der Waals surface area contributed by atoms with Crippen molar-refractivity contribution >= 4 is 23.6 Å². The van der Waals surface area contributed by atoms with Crippen LogP contribution in [0.1, 0.15) is 16.8 Å². The number of amides is 1. The standard InChI is InChI=1S/C14H11F6NO3S/c15-13(16,17)12(11(23)24)5-6-21(7-12)10(22)8-1-3-9(4-2-8)25-14(18,19)20/h1-4H,5-7H2,(H,23,24). The van der Waals surface area contributed by atoms with E-state index in [0.717, 1.165) is 29.2 Å². The number of halogens is 6. The minimum atomic E-state index is -5.03. The SMILES string of the molecule is O=C(c1ccc(SC(F)(F)F)cc1)N1CCC(C(=O)O)(C(F)(F)F)C1. The number of carboxylic acid groups (broad SMARTS) is 1. The van der Waals surface area contributed by atoms with E-state index in [1.54, 1.807) is 0 Å². The molecule has 1 unspecified atom stereocenters. The lowest BCUT2D eigenvalue weighted by molar-refractivity contribution is -0.227. The fourth-order valence-electron chi connectivity index (χ4n) is 2.49. The van der Waals surface area contributed by atoms with Crippen molar-refractivity contribution < 1.29 is 41.0 Å². The van der Waals surface area contributed by atoms with E-state index >= 15 is 0 Å². The zero-order valence-corrected chi connectivity index (χ0v) is 13.1. The molecule has 2 rings (SSSR count). The van der Waals surface area contributed by atoms with Gasteiger partial charge in [-0.15, -0.1) is 0 Å². The summed E-state index contributed by atoms with van der Waals surface area (Å²) in [6, 6.07) is 4.17. The van der Waals surface area contributed by atoms with Crippen LogP contribution in [0.5, 0.6) is 0 Å². The number of likely N-dealkylation sites (tertiary alicyclic amines) is 1. The number of alkyl halides is 6. The second-order valence-corrected chi connectivity index (χ2v) is 6.57. The number of nitrogens with zero attached hydrogens (tertiary/aromatic N) is 1. The molecule has 0 aliphatic carbocycles. The summed E-state index contributed by atoms with van der Waals surface area (Å²) >= 11 is -0.391. The van der Waals surface area contributed by atoms with Crippen LogP contribution in [0.15, 0.2) is 29.2 Å². The van der Waals surface area contributed by atoms with Gasteiger partial charge in [0.1, 0.15) is 0 Å². The van der Waals surface area contributed by atoms with Crippen molar-refractivity contribution in [3.63, 3.8) is 0 Å². The van der Waals surface area contributed by atoms with Gasteiger partial charge in [0.05, 0.1) is 0 Å². The van der Waals surface area contributed by atoms with E-state index in [-0.39, 0.29) is 10.5 Å². The fraction of sp³-hybridized carbons (Fsp3) is 0.429. The summed E-state index contributed by atoms with van der Waals surface area (Å²) in [6.07, 6.45) is -5.80. The zero-order chi connectivity index (χ0) is 19.0. The van der Waals surface area contributed by atoms with Gasteiger partial charge in [0, 0.05) is 23.5 Å². The number of hydrogen-bond acceptors (Lipinski definition) is 3. The van der Waals surface area contributed by atoms with Gasteiger partial charge in [0.25, 0.3) is 5.91 Å². The molecule has 1 heterocycles. The van der Waals surface area contributed by atoms with Crippen LogP contribution in [-0.2, 0) is 4.79 Å². The van der Waals surface area contributed by atoms with Crippen molar-refractivity contribution in [1.82, 2.24) is 4.90 Å². The normalized spacial score (nSPS) is 21.4. The second-order valence-electron chi connectivity index (χ2n) is 5.43. The summed E-state index contributed by atoms with van der Waals surface area (Å²) in [5.74, 6) is -2.93. The molecule has 1 atom stereocenters. The van der Waals surface area contributed by atoms with Crippen LogP contribution in [-0.4, -0.2) is 46.7 Å². The first kappa shape index (κ1) is 19.4. The number of hydrogen-bond donors (Lipinski definition) is 1. The summed E-state index contributed by atoms with van der Waals surface area (Å²) < 4.78 is 76.0. The Labute approximate surface area is 141 Å². The van der Waals surface area contributed by atoms with E-state index < -0.39 is 60.2 Å². The first-order valence-corrected chi connectivity index (χ1v) is 7.63. The van der Waals surface area contributed by atoms with Crippen LogP contribution in [0.3, 0.4) is 0 Å². The Morgan fingerprint density at radius 1 is 1.08 bits per heavy atom. The Morgan fingerprint density at radius 2 is 1.64 bits per heavy atom. The molecule has 1 fully saturated rings. The lowest BCUT2D eigenvalue weighted by Gasteiger charge is -2.27. The molecule has 0 bridgehead atoms. The topological polar surface area (TPSA) is 57.6 Å². The quantitative estimate of drug-likeness (QED) is 0.634. The maximum Gasteiger partial charge on any atom is 0.446 e. The monoisotopic (exact) mass is 387 g/mol. The Morgan fingerprint density at radius 3 is 2.04 bits per heavy atom. The molecular formula is C14H11F6NO3S. The van der Waals surface area contributed by atoms with Gasteiger partial charge in [-0.2, -0.15) is 26.3 Å². The largest absolute Gasteiger partial charge is 0.481 e. The third kappa shape index (κ3) is 4.02. The molecule has 1 aliphatic rings. The van der Waals surface area contributed by atoms with Gasteiger partial charge in [-0.3, -0.25) is 9.59 Å². The van der Waals surface area contributed by atoms with Crippen molar-refractivity contribution in [1.29, 1.82) is 0 Å². The minimum absolute atomic E-state index is 0.116. The lowest BCUT2D eigenvalue weighted by atomic mass is 9.86.